The van der Waals surface area contributed by atoms with E-state index in [1.165, 1.54) is 29.0 Å². The molecule has 0 aliphatic carbocycles. The summed E-state index contributed by atoms with van der Waals surface area (Å²) >= 11 is 1.44. The fourth-order valence-electron chi connectivity index (χ4n) is 2.40. The number of amides is 1. The molecule has 1 heterocycles. The van der Waals surface area contributed by atoms with Gasteiger partial charge in [-0.3, -0.25) is 4.79 Å². The molecular formula is C18H17FN2OS. The molecule has 3 aromatic rings. The van der Waals surface area contributed by atoms with Crippen molar-refractivity contribution >= 4 is 27.5 Å². The first-order chi connectivity index (χ1) is 11.0. The molecule has 0 bridgehead atoms. The number of hydrogen-bond acceptors (Lipinski definition) is 2. The third kappa shape index (κ3) is 2.97. The molecule has 0 saturated carbocycles. The molecule has 0 N–H and O–H groups in total. The molecule has 0 fully saturated rings. The monoisotopic (exact) mass is 328 g/mol. The van der Waals surface area contributed by atoms with Crippen LogP contribution in [0.4, 0.5) is 4.39 Å². The molecule has 0 atom stereocenters. The van der Waals surface area contributed by atoms with Crippen molar-refractivity contribution in [2.75, 3.05) is 0 Å². The molecule has 1 aromatic heterocycles. The Kier molecular flexibility index (Phi) is 4.13. The summed E-state index contributed by atoms with van der Waals surface area (Å²) in [7, 11) is 1.86. The quantitative estimate of drug-likeness (QED) is 0.693. The van der Waals surface area contributed by atoms with E-state index in [9.17, 15) is 9.18 Å². The Morgan fingerprint density at radius 1 is 1.22 bits per heavy atom. The second-order valence-electron chi connectivity index (χ2n) is 5.72. The SMILES string of the molecule is CC(C)c1ccc2c(c1)sc(=NC(=O)c1ccccc1F)n2C. The molecule has 0 unspecified atom stereocenters. The van der Waals surface area contributed by atoms with Crippen LogP contribution in [-0.2, 0) is 7.05 Å². The molecule has 2 aromatic carbocycles. The van der Waals surface area contributed by atoms with Gasteiger partial charge >= 0.3 is 0 Å². The summed E-state index contributed by atoms with van der Waals surface area (Å²) in [6, 6.07) is 12.1. The molecule has 5 heteroatoms. The molecule has 3 nitrogen and oxygen atoms in total. The van der Waals surface area contributed by atoms with Crippen molar-refractivity contribution in [1.29, 1.82) is 0 Å². The standard InChI is InChI=1S/C18H17FN2OS/c1-11(2)12-8-9-15-16(10-12)23-18(21(15)3)20-17(22)13-6-4-5-7-14(13)19/h4-11H,1-3H3. The van der Waals surface area contributed by atoms with Crippen LogP contribution < -0.4 is 4.80 Å². The summed E-state index contributed by atoms with van der Waals surface area (Å²) in [5, 5.41) is 0. The van der Waals surface area contributed by atoms with Crippen molar-refractivity contribution in [3.63, 3.8) is 0 Å². The van der Waals surface area contributed by atoms with Crippen molar-refractivity contribution < 1.29 is 9.18 Å². The van der Waals surface area contributed by atoms with Gasteiger partial charge in [0.15, 0.2) is 4.80 Å². The van der Waals surface area contributed by atoms with Crippen LogP contribution in [0.5, 0.6) is 0 Å². The molecule has 1 amide bonds. The maximum atomic E-state index is 13.7. The highest BCUT2D eigenvalue weighted by Crippen LogP contribution is 2.23. The van der Waals surface area contributed by atoms with Crippen molar-refractivity contribution in [3.05, 3.63) is 64.2 Å². The summed E-state index contributed by atoms with van der Waals surface area (Å²) in [5.41, 5.74) is 2.25. The molecule has 0 aliphatic heterocycles. The van der Waals surface area contributed by atoms with Crippen LogP contribution in [0.1, 0.15) is 35.7 Å². The van der Waals surface area contributed by atoms with Crippen molar-refractivity contribution in [2.24, 2.45) is 12.0 Å². The smallest absolute Gasteiger partial charge is 0.282 e. The Labute approximate surface area is 137 Å². The summed E-state index contributed by atoms with van der Waals surface area (Å²) in [6.07, 6.45) is 0. The summed E-state index contributed by atoms with van der Waals surface area (Å²) in [4.78, 5) is 16.9. The number of benzene rings is 2. The van der Waals surface area contributed by atoms with Crippen molar-refractivity contribution in [1.82, 2.24) is 4.57 Å². The molecular weight excluding hydrogens is 311 g/mol. The number of rotatable bonds is 2. The zero-order valence-electron chi connectivity index (χ0n) is 13.2. The fourth-order valence-corrected chi connectivity index (χ4v) is 3.46. The number of thiazole rings is 1. The molecule has 0 aliphatic rings. The van der Waals surface area contributed by atoms with Gasteiger partial charge in [0.1, 0.15) is 5.82 Å². The summed E-state index contributed by atoms with van der Waals surface area (Å²) < 4.78 is 16.6. The second-order valence-corrected chi connectivity index (χ2v) is 6.73. The van der Waals surface area contributed by atoms with E-state index < -0.39 is 11.7 Å². The molecule has 23 heavy (non-hydrogen) atoms. The van der Waals surface area contributed by atoms with Gasteiger partial charge in [-0.2, -0.15) is 4.99 Å². The Bertz CT molecular complexity index is 953. The van der Waals surface area contributed by atoms with Crippen molar-refractivity contribution in [2.45, 2.75) is 19.8 Å². The van der Waals surface area contributed by atoms with Gasteiger partial charge in [0.2, 0.25) is 0 Å². The van der Waals surface area contributed by atoms with E-state index in [-0.39, 0.29) is 5.56 Å². The Hall–Kier alpha value is -2.27. The largest absolute Gasteiger partial charge is 0.319 e. The van der Waals surface area contributed by atoms with E-state index in [1.807, 2.05) is 17.7 Å². The first-order valence-electron chi connectivity index (χ1n) is 7.40. The maximum absolute atomic E-state index is 13.7. The van der Waals surface area contributed by atoms with Crippen LogP contribution in [0, 0.1) is 5.82 Å². The summed E-state index contributed by atoms with van der Waals surface area (Å²) in [5.74, 6) is -0.673. The third-order valence-corrected chi connectivity index (χ3v) is 4.90. The van der Waals surface area contributed by atoms with Crippen molar-refractivity contribution in [3.8, 4) is 0 Å². The number of carbonyl (C=O) groups is 1. The van der Waals surface area contributed by atoms with E-state index in [0.29, 0.717) is 10.7 Å². The van der Waals surface area contributed by atoms with Gasteiger partial charge in [-0.05, 0) is 35.7 Å². The predicted octanol–water partition coefficient (Wildman–Crippen LogP) is 4.24. The van der Waals surface area contributed by atoms with Crippen LogP contribution in [0.3, 0.4) is 0 Å². The minimum atomic E-state index is -0.561. The first kappa shape index (κ1) is 15.6. The highest BCUT2D eigenvalue weighted by Gasteiger charge is 2.11. The van der Waals surface area contributed by atoms with E-state index in [0.717, 1.165) is 10.2 Å². The lowest BCUT2D eigenvalue weighted by atomic mass is 10.0. The minimum Gasteiger partial charge on any atom is -0.319 e. The van der Waals surface area contributed by atoms with Gasteiger partial charge in [0.25, 0.3) is 5.91 Å². The molecule has 3 rings (SSSR count). The number of nitrogens with zero attached hydrogens (tertiary/aromatic N) is 2. The molecule has 0 radical (unpaired) electrons. The number of hydrogen-bond donors (Lipinski definition) is 0. The lowest BCUT2D eigenvalue weighted by Gasteiger charge is -2.04. The number of carbonyl (C=O) groups excluding carboxylic acids is 1. The van der Waals surface area contributed by atoms with E-state index in [1.54, 1.807) is 12.1 Å². The molecule has 0 saturated heterocycles. The van der Waals surface area contributed by atoms with Gasteiger partial charge in [0, 0.05) is 7.05 Å². The highest BCUT2D eigenvalue weighted by atomic mass is 32.1. The van der Waals surface area contributed by atoms with E-state index >= 15 is 0 Å². The van der Waals surface area contributed by atoms with Gasteiger partial charge in [0.05, 0.1) is 15.8 Å². The minimum absolute atomic E-state index is 0.00664. The lowest BCUT2D eigenvalue weighted by molar-refractivity contribution is 0.0994. The summed E-state index contributed by atoms with van der Waals surface area (Å²) in [6.45, 7) is 4.28. The van der Waals surface area contributed by atoms with Gasteiger partial charge in [-0.1, -0.05) is 43.4 Å². The zero-order chi connectivity index (χ0) is 16.6. The predicted molar refractivity (Wildman–Crippen MR) is 91.2 cm³/mol. The third-order valence-electron chi connectivity index (χ3n) is 3.80. The lowest BCUT2D eigenvalue weighted by Crippen LogP contribution is -2.13. The molecule has 0 spiro atoms. The topological polar surface area (TPSA) is 34.4 Å². The Morgan fingerprint density at radius 2 is 1.96 bits per heavy atom. The maximum Gasteiger partial charge on any atom is 0.282 e. The van der Waals surface area contributed by atoms with Gasteiger partial charge in [-0.25, -0.2) is 4.39 Å². The fraction of sp³-hybridized carbons (Fsp3) is 0.222. The normalized spacial score (nSPS) is 12.3. The van der Waals surface area contributed by atoms with E-state index in [4.69, 9.17) is 0 Å². The average Bonchev–Trinajstić information content (AvgIpc) is 2.83. The Morgan fingerprint density at radius 3 is 2.65 bits per heavy atom. The first-order valence-corrected chi connectivity index (χ1v) is 8.22. The number of aryl methyl sites for hydroxylation is 1. The van der Waals surface area contributed by atoms with Gasteiger partial charge < -0.3 is 4.57 Å². The van der Waals surface area contributed by atoms with Crippen LogP contribution in [-0.4, -0.2) is 10.5 Å². The van der Waals surface area contributed by atoms with Gasteiger partial charge in [-0.15, -0.1) is 0 Å². The zero-order valence-corrected chi connectivity index (χ0v) is 14.0. The van der Waals surface area contributed by atoms with Crippen LogP contribution in [0.2, 0.25) is 0 Å². The average molecular weight is 328 g/mol. The molecule has 118 valence electrons. The second kappa shape index (κ2) is 6.08. The number of aromatic nitrogens is 1. The number of fused-ring (bicyclic) bond motifs is 1. The highest BCUT2D eigenvalue weighted by molar-refractivity contribution is 7.16. The van der Waals surface area contributed by atoms with Crippen LogP contribution in [0.25, 0.3) is 10.2 Å². The van der Waals surface area contributed by atoms with Crippen LogP contribution >= 0.6 is 11.3 Å². The number of halogens is 1. The van der Waals surface area contributed by atoms with Crippen LogP contribution in [0.15, 0.2) is 47.5 Å². The Balaban J connectivity index is 2.11. The van der Waals surface area contributed by atoms with E-state index in [2.05, 4.69) is 31.0 Å².